The summed E-state index contributed by atoms with van der Waals surface area (Å²) in [6.07, 6.45) is 0.190. The van der Waals surface area contributed by atoms with Crippen molar-refractivity contribution in [2.24, 2.45) is 5.73 Å². The van der Waals surface area contributed by atoms with E-state index in [9.17, 15) is 4.79 Å². The van der Waals surface area contributed by atoms with E-state index in [0.29, 0.717) is 5.69 Å². The fourth-order valence-corrected chi connectivity index (χ4v) is 3.04. The highest BCUT2D eigenvalue weighted by Crippen LogP contribution is 2.32. The Morgan fingerprint density at radius 1 is 1.53 bits per heavy atom. The van der Waals surface area contributed by atoms with Gasteiger partial charge in [0.15, 0.2) is 0 Å². The van der Waals surface area contributed by atoms with Gasteiger partial charge in [-0.05, 0) is 12.1 Å². The van der Waals surface area contributed by atoms with E-state index >= 15 is 0 Å². The molecule has 15 heavy (non-hydrogen) atoms. The maximum atomic E-state index is 10.7. The zero-order chi connectivity index (χ0) is 10.8. The first-order valence-electron chi connectivity index (χ1n) is 4.13. The van der Waals surface area contributed by atoms with Gasteiger partial charge in [-0.25, -0.2) is 4.98 Å². The van der Waals surface area contributed by atoms with Gasteiger partial charge < -0.3 is 5.73 Å². The smallest absolute Gasteiger partial charge is 0.223 e. The first kappa shape index (κ1) is 10.6. The lowest BCUT2D eigenvalue weighted by Gasteiger charge is -1.89. The van der Waals surface area contributed by atoms with Crippen LogP contribution in [0.15, 0.2) is 17.5 Å². The molecule has 0 aliphatic carbocycles. The van der Waals surface area contributed by atoms with Gasteiger partial charge in [-0.15, -0.1) is 22.7 Å². The summed E-state index contributed by atoms with van der Waals surface area (Å²) in [5, 5.41) is 2.72. The largest absolute Gasteiger partial charge is 0.369 e. The van der Waals surface area contributed by atoms with Crippen molar-refractivity contribution in [3.63, 3.8) is 0 Å². The molecule has 0 aliphatic rings. The average molecular weight is 259 g/mol. The number of thiophene rings is 1. The summed E-state index contributed by atoms with van der Waals surface area (Å²) in [7, 11) is 0. The number of amides is 1. The number of aromatic nitrogens is 1. The van der Waals surface area contributed by atoms with Crippen molar-refractivity contribution in [2.45, 2.75) is 6.42 Å². The van der Waals surface area contributed by atoms with Crippen molar-refractivity contribution in [1.29, 1.82) is 0 Å². The van der Waals surface area contributed by atoms with E-state index in [1.54, 1.807) is 0 Å². The van der Waals surface area contributed by atoms with Crippen LogP contribution in [0.1, 0.15) is 5.69 Å². The molecular weight excluding hydrogens is 252 g/mol. The van der Waals surface area contributed by atoms with Crippen LogP contribution in [-0.2, 0) is 11.2 Å². The van der Waals surface area contributed by atoms with Crippen LogP contribution in [0.5, 0.6) is 0 Å². The Hall–Kier alpha value is -0.910. The molecule has 0 fully saturated rings. The minimum absolute atomic E-state index is 0.190. The molecule has 78 valence electrons. The van der Waals surface area contributed by atoms with Crippen molar-refractivity contribution in [2.75, 3.05) is 0 Å². The van der Waals surface area contributed by atoms with E-state index in [2.05, 4.69) is 4.98 Å². The van der Waals surface area contributed by atoms with E-state index < -0.39 is 0 Å². The summed E-state index contributed by atoms with van der Waals surface area (Å²) >= 11 is 8.78. The molecule has 0 aromatic carbocycles. The van der Waals surface area contributed by atoms with Crippen LogP contribution in [0, 0.1) is 0 Å². The normalized spacial score (nSPS) is 10.5. The standard InChI is InChI=1S/C9H7ClN2OS2/c10-7-2-1-6(15-7)9-12-5(4-14-9)3-8(11)13/h1-2,4H,3H2,(H2,11,13). The number of nitrogens with zero attached hydrogens (tertiary/aromatic N) is 1. The monoisotopic (exact) mass is 258 g/mol. The molecule has 0 bridgehead atoms. The van der Waals surface area contributed by atoms with Gasteiger partial charge in [0, 0.05) is 5.38 Å². The molecular formula is C9H7ClN2OS2. The summed E-state index contributed by atoms with van der Waals surface area (Å²) in [6, 6.07) is 3.75. The zero-order valence-electron chi connectivity index (χ0n) is 7.57. The number of rotatable bonds is 3. The number of hydrogen-bond acceptors (Lipinski definition) is 4. The zero-order valence-corrected chi connectivity index (χ0v) is 9.96. The van der Waals surface area contributed by atoms with Gasteiger partial charge >= 0.3 is 0 Å². The fourth-order valence-electron chi connectivity index (χ4n) is 1.11. The summed E-state index contributed by atoms with van der Waals surface area (Å²) in [5.41, 5.74) is 5.80. The van der Waals surface area contributed by atoms with E-state index in [-0.39, 0.29) is 12.3 Å². The predicted octanol–water partition coefficient (Wildman–Crippen LogP) is 2.55. The molecule has 0 radical (unpaired) electrons. The maximum absolute atomic E-state index is 10.7. The third kappa shape index (κ3) is 2.56. The predicted molar refractivity (Wildman–Crippen MR) is 63.3 cm³/mol. The van der Waals surface area contributed by atoms with Crippen molar-refractivity contribution in [3.8, 4) is 9.88 Å². The Balaban J connectivity index is 2.23. The Labute approximate surface area is 99.5 Å². The second kappa shape index (κ2) is 4.30. The van der Waals surface area contributed by atoms with Gasteiger partial charge in [0.05, 0.1) is 21.3 Å². The highest BCUT2D eigenvalue weighted by molar-refractivity contribution is 7.23. The summed E-state index contributed by atoms with van der Waals surface area (Å²) in [4.78, 5) is 16.0. The SMILES string of the molecule is NC(=O)Cc1csc(-c2ccc(Cl)s2)n1. The minimum Gasteiger partial charge on any atom is -0.369 e. The average Bonchev–Trinajstić information content (AvgIpc) is 2.72. The van der Waals surface area contributed by atoms with Gasteiger partial charge in [0.1, 0.15) is 5.01 Å². The highest BCUT2D eigenvalue weighted by Gasteiger charge is 2.08. The Bertz CT molecular complexity index is 492. The molecule has 2 N–H and O–H groups in total. The van der Waals surface area contributed by atoms with Crippen molar-refractivity contribution >= 4 is 40.2 Å². The third-order valence-electron chi connectivity index (χ3n) is 1.69. The van der Waals surface area contributed by atoms with Crippen LogP contribution in [-0.4, -0.2) is 10.9 Å². The van der Waals surface area contributed by atoms with E-state index in [1.807, 2.05) is 17.5 Å². The molecule has 2 aromatic rings. The Morgan fingerprint density at radius 3 is 2.93 bits per heavy atom. The van der Waals surface area contributed by atoms with Gasteiger partial charge in [-0.3, -0.25) is 4.79 Å². The minimum atomic E-state index is -0.365. The topological polar surface area (TPSA) is 56.0 Å². The van der Waals surface area contributed by atoms with Crippen molar-refractivity contribution in [3.05, 3.63) is 27.5 Å². The quantitative estimate of drug-likeness (QED) is 0.920. The van der Waals surface area contributed by atoms with Crippen LogP contribution in [0.2, 0.25) is 4.34 Å². The molecule has 0 spiro atoms. The number of carbonyl (C=O) groups is 1. The molecule has 0 atom stereocenters. The van der Waals surface area contributed by atoms with Gasteiger partial charge in [-0.1, -0.05) is 11.6 Å². The van der Waals surface area contributed by atoms with Gasteiger partial charge in [0.2, 0.25) is 5.91 Å². The number of halogens is 1. The van der Waals surface area contributed by atoms with E-state index in [4.69, 9.17) is 17.3 Å². The molecule has 0 unspecified atom stereocenters. The maximum Gasteiger partial charge on any atom is 0.223 e. The lowest BCUT2D eigenvalue weighted by molar-refractivity contribution is -0.117. The number of nitrogens with two attached hydrogens (primary N) is 1. The molecule has 2 aromatic heterocycles. The van der Waals surface area contributed by atoms with Crippen molar-refractivity contribution in [1.82, 2.24) is 4.98 Å². The van der Waals surface area contributed by atoms with E-state index in [0.717, 1.165) is 14.2 Å². The van der Waals surface area contributed by atoms with Crippen LogP contribution in [0.4, 0.5) is 0 Å². The van der Waals surface area contributed by atoms with Crippen LogP contribution in [0.25, 0.3) is 9.88 Å². The molecule has 2 rings (SSSR count). The summed E-state index contributed by atoms with van der Waals surface area (Å²) < 4.78 is 0.733. The van der Waals surface area contributed by atoms with Crippen LogP contribution in [0.3, 0.4) is 0 Å². The number of primary amides is 1. The fraction of sp³-hybridized carbons (Fsp3) is 0.111. The molecule has 0 saturated heterocycles. The lowest BCUT2D eigenvalue weighted by atomic mass is 10.3. The number of hydrogen-bond donors (Lipinski definition) is 1. The van der Waals surface area contributed by atoms with E-state index in [1.165, 1.54) is 22.7 Å². The lowest BCUT2D eigenvalue weighted by Crippen LogP contribution is -2.13. The van der Waals surface area contributed by atoms with Crippen LogP contribution >= 0.6 is 34.3 Å². The molecule has 1 amide bonds. The molecule has 2 heterocycles. The molecule has 6 heteroatoms. The Morgan fingerprint density at radius 2 is 2.33 bits per heavy atom. The first-order chi connectivity index (χ1) is 7.15. The van der Waals surface area contributed by atoms with Gasteiger partial charge in [0.25, 0.3) is 0 Å². The summed E-state index contributed by atoms with van der Waals surface area (Å²) in [5.74, 6) is -0.365. The second-order valence-corrected chi connectivity index (χ2v) is 5.46. The van der Waals surface area contributed by atoms with Crippen LogP contribution < -0.4 is 5.73 Å². The molecule has 0 saturated carbocycles. The third-order valence-corrected chi connectivity index (χ3v) is 3.98. The second-order valence-electron chi connectivity index (χ2n) is 2.89. The first-order valence-corrected chi connectivity index (χ1v) is 6.21. The summed E-state index contributed by atoms with van der Waals surface area (Å²) in [6.45, 7) is 0. The molecule has 3 nitrogen and oxygen atoms in total. The highest BCUT2D eigenvalue weighted by atomic mass is 35.5. The Kier molecular flexibility index (Phi) is 3.04. The number of carbonyl (C=O) groups excluding carboxylic acids is 1. The van der Waals surface area contributed by atoms with Crippen molar-refractivity contribution < 1.29 is 4.79 Å². The number of thiazole rings is 1. The molecule has 0 aliphatic heterocycles. The van der Waals surface area contributed by atoms with Gasteiger partial charge in [-0.2, -0.15) is 0 Å².